The molecule has 2 rings (SSSR count). The summed E-state index contributed by atoms with van der Waals surface area (Å²) in [6, 6.07) is 4.81. The Morgan fingerprint density at radius 1 is 1.45 bits per heavy atom. The van der Waals surface area contributed by atoms with Gasteiger partial charge in [0.15, 0.2) is 0 Å². The number of likely N-dealkylation sites (tertiary alicyclic amines) is 1. The third kappa shape index (κ3) is 3.61. The maximum Gasteiger partial charge on any atom is 0.306 e. The Balaban J connectivity index is 1.97. The molecule has 0 bridgehead atoms. The third-order valence-electron chi connectivity index (χ3n) is 4.12. The zero-order valence-corrected chi connectivity index (χ0v) is 13.7. The summed E-state index contributed by atoms with van der Waals surface area (Å²) in [4.78, 5) is 16.3. The SMILES string of the molecule is CC1CC(C(=O)O)CCN1Cc1ccc(C(C)(C)C)s1. The summed E-state index contributed by atoms with van der Waals surface area (Å²) >= 11 is 1.88. The number of piperidine rings is 1. The quantitative estimate of drug-likeness (QED) is 0.923. The molecule has 2 heterocycles. The summed E-state index contributed by atoms with van der Waals surface area (Å²) < 4.78 is 0. The fraction of sp³-hybridized carbons (Fsp3) is 0.688. The molecule has 0 saturated carbocycles. The predicted octanol–water partition coefficient (Wildman–Crippen LogP) is 3.73. The van der Waals surface area contributed by atoms with Crippen molar-refractivity contribution in [3.8, 4) is 0 Å². The second kappa shape index (κ2) is 5.86. The van der Waals surface area contributed by atoms with E-state index in [-0.39, 0.29) is 11.3 Å². The van der Waals surface area contributed by atoms with Crippen LogP contribution in [0.5, 0.6) is 0 Å². The Kier molecular flexibility index (Phi) is 4.55. The van der Waals surface area contributed by atoms with Crippen molar-refractivity contribution < 1.29 is 9.90 Å². The van der Waals surface area contributed by atoms with Gasteiger partial charge in [-0.2, -0.15) is 0 Å². The van der Waals surface area contributed by atoms with Crippen LogP contribution in [0, 0.1) is 5.92 Å². The molecule has 2 unspecified atom stereocenters. The lowest BCUT2D eigenvalue weighted by Gasteiger charge is -2.35. The second-order valence-electron chi connectivity index (χ2n) is 6.89. The maximum absolute atomic E-state index is 11.1. The summed E-state index contributed by atoms with van der Waals surface area (Å²) in [5.41, 5.74) is 0.213. The average Bonchev–Trinajstić information content (AvgIpc) is 2.80. The molecule has 1 aliphatic rings. The fourth-order valence-electron chi connectivity index (χ4n) is 2.75. The van der Waals surface area contributed by atoms with Crippen molar-refractivity contribution in [3.63, 3.8) is 0 Å². The van der Waals surface area contributed by atoms with E-state index in [1.54, 1.807) is 0 Å². The lowest BCUT2D eigenvalue weighted by molar-refractivity contribution is -0.144. The normalized spacial score (nSPS) is 24.8. The number of hydrogen-bond acceptors (Lipinski definition) is 3. The molecule has 1 aromatic rings. The Morgan fingerprint density at radius 2 is 2.15 bits per heavy atom. The largest absolute Gasteiger partial charge is 0.481 e. The molecular formula is C16H25NO2S. The highest BCUT2D eigenvalue weighted by Crippen LogP contribution is 2.31. The summed E-state index contributed by atoms with van der Waals surface area (Å²) in [5.74, 6) is -0.794. The van der Waals surface area contributed by atoms with Crippen LogP contribution >= 0.6 is 11.3 Å². The van der Waals surface area contributed by atoms with Gasteiger partial charge in [-0.05, 0) is 43.9 Å². The van der Waals surface area contributed by atoms with E-state index in [2.05, 4.69) is 44.7 Å². The van der Waals surface area contributed by atoms with Crippen molar-refractivity contribution in [2.75, 3.05) is 6.54 Å². The number of carbonyl (C=O) groups is 1. The van der Waals surface area contributed by atoms with E-state index in [0.29, 0.717) is 6.04 Å². The molecule has 0 aromatic carbocycles. The monoisotopic (exact) mass is 295 g/mol. The Labute approximate surface area is 125 Å². The van der Waals surface area contributed by atoms with Crippen LogP contribution in [-0.4, -0.2) is 28.6 Å². The molecule has 1 aliphatic heterocycles. The van der Waals surface area contributed by atoms with Gasteiger partial charge in [0.25, 0.3) is 0 Å². The van der Waals surface area contributed by atoms with Gasteiger partial charge >= 0.3 is 5.97 Å². The highest BCUT2D eigenvalue weighted by atomic mass is 32.1. The Hall–Kier alpha value is -0.870. The number of rotatable bonds is 3. The number of carboxylic acids is 1. The van der Waals surface area contributed by atoms with Crippen molar-refractivity contribution in [2.45, 2.75) is 58.5 Å². The Bertz CT molecular complexity index is 475. The minimum Gasteiger partial charge on any atom is -0.481 e. The first kappa shape index (κ1) is 15.5. The lowest BCUT2D eigenvalue weighted by atomic mass is 9.92. The molecule has 0 aliphatic carbocycles. The number of carboxylic acid groups (broad SMARTS) is 1. The van der Waals surface area contributed by atoms with E-state index < -0.39 is 5.97 Å². The van der Waals surface area contributed by atoms with Gasteiger partial charge in [-0.1, -0.05) is 20.8 Å². The molecule has 1 aromatic heterocycles. The molecule has 0 amide bonds. The topological polar surface area (TPSA) is 40.5 Å². The highest BCUT2D eigenvalue weighted by molar-refractivity contribution is 7.12. The van der Waals surface area contributed by atoms with Crippen LogP contribution in [-0.2, 0) is 16.8 Å². The van der Waals surface area contributed by atoms with Crippen LogP contribution in [0.25, 0.3) is 0 Å². The van der Waals surface area contributed by atoms with Crippen LogP contribution < -0.4 is 0 Å². The molecule has 0 spiro atoms. The van der Waals surface area contributed by atoms with Gasteiger partial charge in [-0.3, -0.25) is 9.69 Å². The third-order valence-corrected chi connectivity index (χ3v) is 5.62. The van der Waals surface area contributed by atoms with Gasteiger partial charge in [0.1, 0.15) is 0 Å². The second-order valence-corrected chi connectivity index (χ2v) is 8.06. The summed E-state index contributed by atoms with van der Waals surface area (Å²) in [6.07, 6.45) is 1.55. The first-order valence-corrected chi connectivity index (χ1v) is 8.15. The standard InChI is InChI=1S/C16H25NO2S/c1-11-9-12(15(18)19)7-8-17(11)10-13-5-6-14(20-13)16(2,3)4/h5-6,11-12H,7-10H2,1-4H3,(H,18,19). The van der Waals surface area contributed by atoms with Gasteiger partial charge < -0.3 is 5.11 Å². The predicted molar refractivity (Wildman–Crippen MR) is 83.3 cm³/mol. The smallest absolute Gasteiger partial charge is 0.306 e. The van der Waals surface area contributed by atoms with Gasteiger partial charge in [-0.25, -0.2) is 0 Å². The van der Waals surface area contributed by atoms with Crippen LogP contribution in [0.1, 0.15) is 50.3 Å². The molecule has 4 heteroatoms. The van der Waals surface area contributed by atoms with Crippen LogP contribution in [0.3, 0.4) is 0 Å². The van der Waals surface area contributed by atoms with Crippen LogP contribution in [0.2, 0.25) is 0 Å². The van der Waals surface area contributed by atoms with Gasteiger partial charge in [-0.15, -0.1) is 11.3 Å². The summed E-state index contributed by atoms with van der Waals surface area (Å²) in [7, 11) is 0. The van der Waals surface area contributed by atoms with E-state index in [1.165, 1.54) is 9.75 Å². The lowest BCUT2D eigenvalue weighted by Crippen LogP contribution is -2.41. The molecule has 0 radical (unpaired) electrons. The number of aliphatic carboxylic acids is 1. The zero-order valence-electron chi connectivity index (χ0n) is 12.8. The van der Waals surface area contributed by atoms with E-state index in [0.717, 1.165) is 25.9 Å². The maximum atomic E-state index is 11.1. The molecule has 1 N–H and O–H groups in total. The molecule has 1 fully saturated rings. The van der Waals surface area contributed by atoms with Crippen molar-refractivity contribution in [1.82, 2.24) is 4.90 Å². The summed E-state index contributed by atoms with van der Waals surface area (Å²) in [5, 5.41) is 9.11. The van der Waals surface area contributed by atoms with Crippen molar-refractivity contribution in [3.05, 3.63) is 21.9 Å². The molecule has 1 saturated heterocycles. The first-order valence-electron chi connectivity index (χ1n) is 7.33. The summed E-state index contributed by atoms with van der Waals surface area (Å²) in [6.45, 7) is 10.7. The van der Waals surface area contributed by atoms with Gasteiger partial charge in [0, 0.05) is 22.3 Å². The average molecular weight is 295 g/mol. The van der Waals surface area contributed by atoms with Crippen molar-refractivity contribution >= 4 is 17.3 Å². The molecule has 112 valence electrons. The fourth-order valence-corrected chi connectivity index (χ4v) is 3.84. The van der Waals surface area contributed by atoms with E-state index in [9.17, 15) is 4.79 Å². The number of thiophene rings is 1. The molecular weight excluding hydrogens is 270 g/mol. The molecule has 2 atom stereocenters. The van der Waals surface area contributed by atoms with Crippen molar-refractivity contribution in [1.29, 1.82) is 0 Å². The van der Waals surface area contributed by atoms with E-state index in [4.69, 9.17) is 5.11 Å². The molecule has 3 nitrogen and oxygen atoms in total. The van der Waals surface area contributed by atoms with Crippen LogP contribution in [0.4, 0.5) is 0 Å². The first-order chi connectivity index (χ1) is 9.27. The van der Waals surface area contributed by atoms with E-state index >= 15 is 0 Å². The van der Waals surface area contributed by atoms with Gasteiger partial charge in [0.2, 0.25) is 0 Å². The van der Waals surface area contributed by atoms with Crippen LogP contribution in [0.15, 0.2) is 12.1 Å². The van der Waals surface area contributed by atoms with Crippen molar-refractivity contribution in [2.24, 2.45) is 5.92 Å². The Morgan fingerprint density at radius 3 is 2.65 bits per heavy atom. The minimum atomic E-state index is -0.636. The highest BCUT2D eigenvalue weighted by Gasteiger charge is 2.29. The zero-order chi connectivity index (χ0) is 14.9. The number of hydrogen-bond donors (Lipinski definition) is 1. The minimum absolute atomic E-state index is 0.158. The van der Waals surface area contributed by atoms with E-state index in [1.807, 2.05) is 11.3 Å². The number of nitrogens with zero attached hydrogens (tertiary/aromatic N) is 1. The molecule has 20 heavy (non-hydrogen) atoms. The van der Waals surface area contributed by atoms with Gasteiger partial charge in [0.05, 0.1) is 5.92 Å².